The Morgan fingerprint density at radius 3 is 2.26 bits per heavy atom. The first-order valence-corrected chi connectivity index (χ1v) is 11.6. The maximum absolute atomic E-state index is 13.0. The third-order valence-electron chi connectivity index (χ3n) is 6.67. The number of carbonyl (C=O) groups excluding carboxylic acids is 2. The minimum absolute atomic E-state index is 0.0709. The van der Waals surface area contributed by atoms with E-state index in [0.29, 0.717) is 18.7 Å². The summed E-state index contributed by atoms with van der Waals surface area (Å²) in [6.07, 6.45) is 3.46. The van der Waals surface area contributed by atoms with E-state index in [9.17, 15) is 9.59 Å². The first-order valence-electron chi connectivity index (χ1n) is 11.6. The van der Waals surface area contributed by atoms with E-state index in [1.54, 1.807) is 0 Å². The molecule has 31 heavy (non-hydrogen) atoms. The van der Waals surface area contributed by atoms with Crippen molar-refractivity contribution >= 4 is 11.8 Å². The summed E-state index contributed by atoms with van der Waals surface area (Å²) in [6.45, 7) is 10.4. The lowest BCUT2D eigenvalue weighted by molar-refractivity contribution is 0.0723. The normalized spacial score (nSPS) is 16.5. The monoisotopic (exact) mass is 419 g/mol. The molecule has 2 amide bonds. The fourth-order valence-corrected chi connectivity index (χ4v) is 4.70. The Balaban J connectivity index is 1.45. The van der Waals surface area contributed by atoms with E-state index < -0.39 is 0 Å². The zero-order valence-electron chi connectivity index (χ0n) is 18.8. The van der Waals surface area contributed by atoms with Gasteiger partial charge in [0.1, 0.15) is 0 Å². The van der Waals surface area contributed by atoms with Crippen molar-refractivity contribution in [2.24, 2.45) is 0 Å². The van der Waals surface area contributed by atoms with Crippen LogP contribution in [-0.4, -0.2) is 72.3 Å². The Bertz CT molecular complexity index is 928. The van der Waals surface area contributed by atoms with Gasteiger partial charge in [-0.15, -0.1) is 0 Å². The van der Waals surface area contributed by atoms with Crippen molar-refractivity contribution in [2.45, 2.75) is 33.1 Å². The first kappa shape index (κ1) is 21.6. The van der Waals surface area contributed by atoms with Gasteiger partial charge in [-0.3, -0.25) is 9.59 Å². The molecule has 0 atom stereocenters. The van der Waals surface area contributed by atoms with Gasteiger partial charge < -0.3 is 14.7 Å². The molecule has 2 heterocycles. The predicted octanol–water partition coefficient (Wildman–Crippen LogP) is 3.93. The van der Waals surface area contributed by atoms with Gasteiger partial charge in [0.05, 0.1) is 0 Å². The summed E-state index contributed by atoms with van der Waals surface area (Å²) < 4.78 is 0. The highest BCUT2D eigenvalue weighted by Gasteiger charge is 2.25. The van der Waals surface area contributed by atoms with Gasteiger partial charge >= 0.3 is 0 Å². The third kappa shape index (κ3) is 4.67. The summed E-state index contributed by atoms with van der Waals surface area (Å²) in [5.74, 6) is 0.230. The van der Waals surface area contributed by atoms with Gasteiger partial charge in [0.2, 0.25) is 0 Å². The lowest BCUT2D eigenvalue weighted by Gasteiger charge is -2.30. The van der Waals surface area contributed by atoms with Crippen LogP contribution < -0.4 is 0 Å². The van der Waals surface area contributed by atoms with Crippen molar-refractivity contribution in [3.05, 3.63) is 59.2 Å². The lowest BCUT2D eigenvalue weighted by atomic mass is 9.93. The molecule has 0 saturated carbocycles. The molecular formula is C26H33N3O2. The molecule has 2 aliphatic rings. The molecule has 1 fully saturated rings. The van der Waals surface area contributed by atoms with Crippen molar-refractivity contribution in [2.75, 3.05) is 45.8 Å². The van der Waals surface area contributed by atoms with Gasteiger partial charge in [0, 0.05) is 43.9 Å². The molecule has 5 nitrogen and oxygen atoms in total. The van der Waals surface area contributed by atoms with Gasteiger partial charge in [0.15, 0.2) is 0 Å². The molecule has 1 saturated heterocycles. The lowest BCUT2D eigenvalue weighted by Crippen LogP contribution is -2.42. The molecule has 0 N–H and O–H groups in total. The highest BCUT2D eigenvalue weighted by Crippen LogP contribution is 2.27. The topological polar surface area (TPSA) is 43.9 Å². The second kappa shape index (κ2) is 9.65. The second-order valence-corrected chi connectivity index (χ2v) is 8.52. The van der Waals surface area contributed by atoms with Crippen LogP contribution in [0.5, 0.6) is 0 Å². The Morgan fingerprint density at radius 2 is 1.58 bits per heavy atom. The van der Waals surface area contributed by atoms with Gasteiger partial charge in [0.25, 0.3) is 11.8 Å². The molecule has 0 spiro atoms. The average molecular weight is 420 g/mol. The summed E-state index contributed by atoms with van der Waals surface area (Å²) in [6, 6.07) is 14.0. The number of rotatable bonds is 7. The fraction of sp³-hybridized carbons (Fsp3) is 0.462. The molecule has 0 aliphatic carbocycles. The molecule has 4 rings (SSSR count). The molecule has 0 aromatic heterocycles. The van der Waals surface area contributed by atoms with E-state index in [1.807, 2.05) is 60.0 Å². The van der Waals surface area contributed by atoms with Crippen LogP contribution in [0.3, 0.4) is 0 Å². The molecular weight excluding hydrogens is 386 g/mol. The van der Waals surface area contributed by atoms with Crippen LogP contribution in [-0.2, 0) is 6.42 Å². The summed E-state index contributed by atoms with van der Waals surface area (Å²) in [5, 5.41) is 0. The summed E-state index contributed by atoms with van der Waals surface area (Å²) in [7, 11) is 0. The van der Waals surface area contributed by atoms with E-state index in [2.05, 4.69) is 11.0 Å². The number of hydrogen-bond donors (Lipinski definition) is 0. The number of carbonyl (C=O) groups is 2. The molecule has 2 aliphatic heterocycles. The quantitative estimate of drug-likeness (QED) is 0.683. The Labute approximate surface area is 185 Å². The SMILES string of the molecule is CCN(CC)C(=O)c1ccc(-c2ccc3c(c2)CCN(CCN2CCCC2)C3=O)cc1. The highest BCUT2D eigenvalue weighted by atomic mass is 16.2. The van der Waals surface area contributed by atoms with Crippen molar-refractivity contribution in [1.82, 2.24) is 14.7 Å². The van der Waals surface area contributed by atoms with Crippen molar-refractivity contribution < 1.29 is 9.59 Å². The minimum atomic E-state index is 0.0709. The Morgan fingerprint density at radius 1 is 0.903 bits per heavy atom. The molecule has 0 radical (unpaired) electrons. The van der Waals surface area contributed by atoms with Crippen LogP contribution >= 0.6 is 0 Å². The zero-order chi connectivity index (χ0) is 21.8. The number of hydrogen-bond acceptors (Lipinski definition) is 3. The smallest absolute Gasteiger partial charge is 0.254 e. The Kier molecular flexibility index (Phi) is 6.71. The van der Waals surface area contributed by atoms with Gasteiger partial charge in [-0.25, -0.2) is 0 Å². The van der Waals surface area contributed by atoms with Crippen LogP contribution in [0.25, 0.3) is 11.1 Å². The average Bonchev–Trinajstić information content (AvgIpc) is 3.33. The number of benzene rings is 2. The molecule has 0 unspecified atom stereocenters. The van der Waals surface area contributed by atoms with Crippen LogP contribution in [0, 0.1) is 0 Å². The molecule has 5 heteroatoms. The standard InChI is InChI=1S/C26H33N3O2/c1-3-28(4-2)25(30)21-9-7-20(8-10-21)22-11-12-24-23(19-22)13-16-29(26(24)31)18-17-27-14-5-6-15-27/h7-12,19H,3-6,13-18H2,1-2H3. The third-order valence-corrected chi connectivity index (χ3v) is 6.67. The summed E-state index contributed by atoms with van der Waals surface area (Å²) in [5.41, 5.74) is 4.85. The van der Waals surface area contributed by atoms with E-state index >= 15 is 0 Å². The van der Waals surface area contributed by atoms with Crippen LogP contribution in [0.15, 0.2) is 42.5 Å². The van der Waals surface area contributed by atoms with Gasteiger partial charge in [-0.2, -0.15) is 0 Å². The Hall–Kier alpha value is -2.66. The highest BCUT2D eigenvalue weighted by molar-refractivity contribution is 5.97. The predicted molar refractivity (Wildman–Crippen MR) is 124 cm³/mol. The van der Waals surface area contributed by atoms with E-state index in [4.69, 9.17) is 0 Å². The molecule has 2 aromatic rings. The number of amides is 2. The maximum atomic E-state index is 13.0. The second-order valence-electron chi connectivity index (χ2n) is 8.52. The van der Waals surface area contributed by atoms with Crippen molar-refractivity contribution in [3.8, 4) is 11.1 Å². The number of nitrogens with zero attached hydrogens (tertiary/aromatic N) is 3. The van der Waals surface area contributed by atoms with Crippen molar-refractivity contribution in [1.29, 1.82) is 0 Å². The van der Waals surface area contributed by atoms with E-state index in [1.165, 1.54) is 25.9 Å². The fourth-order valence-electron chi connectivity index (χ4n) is 4.70. The summed E-state index contributed by atoms with van der Waals surface area (Å²) in [4.78, 5) is 31.8. The zero-order valence-corrected chi connectivity index (χ0v) is 18.8. The molecule has 164 valence electrons. The minimum Gasteiger partial charge on any atom is -0.339 e. The van der Waals surface area contributed by atoms with Crippen LogP contribution in [0.1, 0.15) is 53.0 Å². The van der Waals surface area contributed by atoms with Gasteiger partial charge in [-0.1, -0.05) is 24.3 Å². The largest absolute Gasteiger partial charge is 0.339 e. The first-order chi connectivity index (χ1) is 15.1. The van der Waals surface area contributed by atoms with Crippen LogP contribution in [0.4, 0.5) is 0 Å². The molecule has 0 bridgehead atoms. The van der Waals surface area contributed by atoms with Crippen LogP contribution in [0.2, 0.25) is 0 Å². The number of fused-ring (bicyclic) bond motifs is 1. The van der Waals surface area contributed by atoms with E-state index in [-0.39, 0.29) is 11.8 Å². The molecule has 2 aromatic carbocycles. The maximum Gasteiger partial charge on any atom is 0.254 e. The van der Waals surface area contributed by atoms with E-state index in [0.717, 1.165) is 48.3 Å². The summed E-state index contributed by atoms with van der Waals surface area (Å²) >= 11 is 0. The number of likely N-dealkylation sites (tertiary alicyclic amines) is 1. The van der Waals surface area contributed by atoms with Gasteiger partial charge in [-0.05, 0) is 81.1 Å². The van der Waals surface area contributed by atoms with Crippen molar-refractivity contribution in [3.63, 3.8) is 0 Å².